The minimum Gasteiger partial charge on any atom is -0.480 e. The zero-order valence-corrected chi connectivity index (χ0v) is 24.6. The van der Waals surface area contributed by atoms with Gasteiger partial charge in [0.1, 0.15) is 12.6 Å². The van der Waals surface area contributed by atoms with Gasteiger partial charge in [-0.15, -0.1) is 0 Å². The van der Waals surface area contributed by atoms with E-state index >= 15 is 0 Å². The lowest BCUT2D eigenvalue weighted by molar-refractivity contribution is -0.138. The van der Waals surface area contributed by atoms with Crippen LogP contribution in [0.4, 0.5) is 0 Å². The highest BCUT2D eigenvalue weighted by atomic mass is 32.2. The predicted molar refractivity (Wildman–Crippen MR) is 148 cm³/mol. The number of unbranched alkanes of at least 4 members (excludes halogenated alkanes) is 1. The van der Waals surface area contributed by atoms with Gasteiger partial charge in [-0.1, -0.05) is 42.1 Å². The van der Waals surface area contributed by atoms with Crippen LogP contribution in [0.15, 0.2) is 30.3 Å². The van der Waals surface area contributed by atoms with Gasteiger partial charge in [0.05, 0.1) is 18.7 Å². The first-order valence-corrected chi connectivity index (χ1v) is 16.5. The molecule has 0 saturated carbocycles. The first-order chi connectivity index (χ1) is 19.5. The molecular formula is C22H32N4O13P2S. The van der Waals surface area contributed by atoms with Gasteiger partial charge in [-0.05, 0) is 19.3 Å². The van der Waals surface area contributed by atoms with Crippen molar-refractivity contribution in [1.82, 2.24) is 21.3 Å². The maximum Gasteiger partial charge on any atom is 0.341 e. The Kier molecular flexibility index (Phi) is 15.6. The van der Waals surface area contributed by atoms with E-state index in [1.807, 2.05) is 5.32 Å². The van der Waals surface area contributed by atoms with Crippen LogP contribution in [0.1, 0.15) is 36.0 Å². The third-order valence-corrected chi connectivity index (χ3v) is 9.87. The fourth-order valence-electron chi connectivity index (χ4n) is 3.19. The number of aliphatic carboxylic acids is 1. The smallest absolute Gasteiger partial charge is 0.341 e. The van der Waals surface area contributed by atoms with Crippen LogP contribution in [-0.2, 0) is 33.1 Å². The van der Waals surface area contributed by atoms with E-state index in [9.17, 15) is 37.9 Å². The summed E-state index contributed by atoms with van der Waals surface area (Å²) in [7, 11) is -10.6. The summed E-state index contributed by atoms with van der Waals surface area (Å²) in [5.41, 5.74) is 0.368. The number of hydrogen-bond acceptors (Lipinski definition) is 9. The second-order valence-electron chi connectivity index (χ2n) is 8.66. The summed E-state index contributed by atoms with van der Waals surface area (Å²) in [6.07, 6.45) is -0.795. The molecule has 0 saturated heterocycles. The van der Waals surface area contributed by atoms with Crippen molar-refractivity contribution in [3.63, 3.8) is 0 Å². The average molecular weight is 655 g/mol. The van der Waals surface area contributed by atoms with Crippen molar-refractivity contribution in [1.29, 1.82) is 0 Å². The maximum absolute atomic E-state index is 12.6. The SMILES string of the molecule is O=C(O)CNC(=O)CNC(=O)C(CCCCNC(=O)CC(P(=O)(O)O)P(=O)(O)O)NC(=O)CSC(=O)c1ccccc1. The van der Waals surface area contributed by atoms with Crippen LogP contribution in [0.2, 0.25) is 0 Å². The van der Waals surface area contributed by atoms with Crippen molar-refractivity contribution in [2.45, 2.75) is 37.1 Å². The molecule has 0 spiro atoms. The number of carbonyl (C=O) groups excluding carboxylic acids is 5. The topological polar surface area (TPSA) is 286 Å². The van der Waals surface area contributed by atoms with Gasteiger partial charge < -0.3 is 45.9 Å². The number of carboxylic acids is 1. The Morgan fingerprint density at radius 3 is 1.98 bits per heavy atom. The number of amides is 4. The molecule has 0 aromatic heterocycles. The van der Waals surface area contributed by atoms with E-state index in [4.69, 9.17) is 24.7 Å². The molecule has 42 heavy (non-hydrogen) atoms. The summed E-state index contributed by atoms with van der Waals surface area (Å²) in [5.74, 6) is -4.91. The van der Waals surface area contributed by atoms with Gasteiger partial charge in [-0.2, -0.15) is 0 Å². The fourth-order valence-corrected chi connectivity index (χ4v) is 6.22. The Morgan fingerprint density at radius 2 is 1.40 bits per heavy atom. The summed E-state index contributed by atoms with van der Waals surface area (Å²) >= 11 is 0.701. The second kappa shape index (κ2) is 17.8. The van der Waals surface area contributed by atoms with Crippen LogP contribution < -0.4 is 21.3 Å². The van der Waals surface area contributed by atoms with Crippen molar-refractivity contribution >= 4 is 61.7 Å². The molecule has 9 N–H and O–H groups in total. The monoisotopic (exact) mass is 654 g/mol. The molecule has 0 bridgehead atoms. The van der Waals surface area contributed by atoms with E-state index in [1.165, 1.54) is 0 Å². The largest absolute Gasteiger partial charge is 0.480 e. The van der Waals surface area contributed by atoms with Crippen LogP contribution in [0, 0.1) is 0 Å². The van der Waals surface area contributed by atoms with Crippen molar-refractivity contribution in [3.8, 4) is 0 Å². The van der Waals surface area contributed by atoms with Gasteiger partial charge in [0.15, 0.2) is 5.40 Å². The minimum atomic E-state index is -5.28. The third kappa shape index (κ3) is 15.2. The standard InChI is InChI=1S/C22H32N4O13P2S/c27-16(10-20(40(34,35)36)41(37,38)39)23-9-5-4-8-15(21(32)25-11-17(28)24-12-19(30)31)26-18(29)13-42-22(33)14-6-2-1-3-7-14/h1-3,6-7,15,20H,4-5,8-13H2,(H,23,27)(H,24,28)(H,25,32)(H,26,29)(H,30,31)(H2,34,35,36)(H2,37,38,39). The summed E-state index contributed by atoms with van der Waals surface area (Å²) in [6, 6.07) is 6.95. The second-order valence-corrected chi connectivity index (χ2v) is 13.6. The molecule has 1 unspecified atom stereocenters. The zero-order chi connectivity index (χ0) is 31.9. The maximum atomic E-state index is 12.6. The summed E-state index contributed by atoms with van der Waals surface area (Å²) in [6.45, 7) is -1.36. The number of benzene rings is 1. The van der Waals surface area contributed by atoms with E-state index in [1.54, 1.807) is 30.3 Å². The van der Waals surface area contributed by atoms with Gasteiger partial charge in [0, 0.05) is 12.1 Å². The third-order valence-electron chi connectivity index (χ3n) is 5.24. The van der Waals surface area contributed by atoms with Gasteiger partial charge in [-0.25, -0.2) is 0 Å². The number of carbonyl (C=O) groups is 6. The highest BCUT2D eigenvalue weighted by molar-refractivity contribution is 8.14. The van der Waals surface area contributed by atoms with Crippen molar-refractivity contribution in [2.24, 2.45) is 0 Å². The van der Waals surface area contributed by atoms with E-state index < -0.39 is 75.7 Å². The molecule has 20 heteroatoms. The molecule has 0 aliphatic rings. The summed E-state index contributed by atoms with van der Waals surface area (Å²) in [5, 5.41) is 14.8. The van der Waals surface area contributed by atoms with Crippen molar-refractivity contribution < 1.29 is 62.6 Å². The highest BCUT2D eigenvalue weighted by Crippen LogP contribution is 2.61. The number of carboxylic acid groups (broad SMARTS) is 1. The number of nitrogens with one attached hydrogen (secondary N) is 4. The molecule has 1 aromatic carbocycles. The van der Waals surface area contributed by atoms with Crippen molar-refractivity contribution in [3.05, 3.63) is 35.9 Å². The molecule has 0 heterocycles. The Balaban J connectivity index is 2.67. The van der Waals surface area contributed by atoms with Gasteiger partial charge >= 0.3 is 21.2 Å². The molecule has 4 amide bonds. The lowest BCUT2D eigenvalue weighted by Crippen LogP contribution is -2.49. The van der Waals surface area contributed by atoms with Crippen molar-refractivity contribution in [2.75, 3.05) is 25.4 Å². The van der Waals surface area contributed by atoms with Gasteiger partial charge in [0.25, 0.3) is 0 Å². The van der Waals surface area contributed by atoms with Gasteiger partial charge in [0.2, 0.25) is 28.7 Å². The van der Waals surface area contributed by atoms with E-state index in [2.05, 4.69) is 16.0 Å². The van der Waals surface area contributed by atoms with E-state index in [0.717, 1.165) is 0 Å². The number of rotatable bonds is 18. The molecule has 1 rings (SSSR count). The molecular weight excluding hydrogens is 622 g/mol. The Morgan fingerprint density at radius 1 is 0.786 bits per heavy atom. The Bertz CT molecular complexity index is 1200. The number of hydrogen-bond donors (Lipinski definition) is 9. The molecule has 0 aliphatic carbocycles. The van der Waals surface area contributed by atoms with Crippen LogP contribution in [-0.4, -0.2) is 96.2 Å². The Hall–Kier alpha value is -3.11. The lowest BCUT2D eigenvalue weighted by Gasteiger charge is -2.19. The van der Waals surface area contributed by atoms with E-state index in [-0.39, 0.29) is 36.7 Å². The molecule has 17 nitrogen and oxygen atoms in total. The number of thioether (sulfide) groups is 1. The van der Waals surface area contributed by atoms with E-state index in [0.29, 0.717) is 17.3 Å². The Labute approximate surface area is 243 Å². The quantitative estimate of drug-likeness (QED) is 0.0659. The predicted octanol–water partition coefficient (Wildman–Crippen LogP) is -1.28. The summed E-state index contributed by atoms with van der Waals surface area (Å²) < 4.78 is 22.6. The molecule has 0 aliphatic heterocycles. The van der Waals surface area contributed by atoms with Crippen LogP contribution in [0.5, 0.6) is 0 Å². The summed E-state index contributed by atoms with van der Waals surface area (Å²) in [4.78, 5) is 108. The normalized spacial score (nSPS) is 12.2. The molecule has 0 fully saturated rings. The van der Waals surface area contributed by atoms with Crippen LogP contribution in [0.25, 0.3) is 0 Å². The first kappa shape index (κ1) is 36.9. The molecule has 1 atom stereocenters. The first-order valence-electron chi connectivity index (χ1n) is 12.2. The fraction of sp³-hybridized carbons (Fsp3) is 0.455. The zero-order valence-electron chi connectivity index (χ0n) is 22.0. The lowest BCUT2D eigenvalue weighted by atomic mass is 10.1. The minimum absolute atomic E-state index is 0.0188. The van der Waals surface area contributed by atoms with Crippen LogP contribution >= 0.6 is 27.0 Å². The molecule has 234 valence electrons. The van der Waals surface area contributed by atoms with Crippen LogP contribution in [0.3, 0.4) is 0 Å². The van der Waals surface area contributed by atoms with Gasteiger partial charge in [-0.3, -0.25) is 37.9 Å². The molecule has 0 radical (unpaired) electrons. The highest BCUT2D eigenvalue weighted by Gasteiger charge is 2.44. The average Bonchev–Trinajstić information content (AvgIpc) is 2.90. The molecule has 1 aromatic rings.